The van der Waals surface area contributed by atoms with E-state index >= 15 is 0 Å². The molecule has 4 rings (SSSR count). The van der Waals surface area contributed by atoms with Gasteiger partial charge in [-0.1, -0.05) is 36.4 Å². The van der Waals surface area contributed by atoms with E-state index in [9.17, 15) is 23.3 Å². The average Bonchev–Trinajstić information content (AvgIpc) is 2.86. The van der Waals surface area contributed by atoms with Crippen molar-refractivity contribution in [3.8, 4) is 5.75 Å². The van der Waals surface area contributed by atoms with Crippen LogP contribution >= 0.6 is 0 Å². The average molecular weight is 510 g/mol. The summed E-state index contributed by atoms with van der Waals surface area (Å²) in [7, 11) is -2.95. The number of fused-ring (bicyclic) bond motifs is 1. The largest absolute Gasteiger partial charge is 0.495 e. The molecule has 36 heavy (non-hydrogen) atoms. The molecule has 3 aromatic rings. The van der Waals surface area contributed by atoms with Crippen LogP contribution in [-0.2, 0) is 27.8 Å². The molecule has 1 amide bonds. The maximum absolute atomic E-state index is 13.9. The quantitative estimate of drug-likeness (QED) is 0.352. The predicted octanol–water partition coefficient (Wildman–Crippen LogP) is 4.00. The van der Waals surface area contributed by atoms with Crippen molar-refractivity contribution in [2.45, 2.75) is 31.7 Å². The summed E-state index contributed by atoms with van der Waals surface area (Å²) in [4.78, 5) is 25.7. The second-order valence-electron chi connectivity index (χ2n) is 8.73. The second kappa shape index (κ2) is 9.98. The number of sulfonamides is 1. The van der Waals surface area contributed by atoms with Crippen LogP contribution in [0, 0.1) is 24.0 Å². The normalized spacial score (nSPS) is 13.1. The van der Waals surface area contributed by atoms with E-state index in [-0.39, 0.29) is 27.9 Å². The van der Waals surface area contributed by atoms with Gasteiger partial charge in [0.25, 0.3) is 15.7 Å². The Bertz CT molecular complexity index is 1440. The molecule has 9 nitrogen and oxygen atoms in total. The topological polar surface area (TPSA) is 110 Å². The third-order valence-corrected chi connectivity index (χ3v) is 8.09. The van der Waals surface area contributed by atoms with Crippen molar-refractivity contribution in [3.63, 3.8) is 0 Å². The molecule has 0 aromatic heterocycles. The number of aryl methyl sites for hydroxylation is 2. The Balaban J connectivity index is 1.76. The number of carbonyl (C=O) groups excluding carboxylic acids is 1. The monoisotopic (exact) mass is 509 g/mol. The lowest BCUT2D eigenvalue weighted by molar-refractivity contribution is -0.385. The summed E-state index contributed by atoms with van der Waals surface area (Å²) in [6, 6.07) is 16.6. The fourth-order valence-electron chi connectivity index (χ4n) is 4.30. The lowest BCUT2D eigenvalue weighted by Crippen LogP contribution is -2.45. The van der Waals surface area contributed by atoms with E-state index in [0.717, 1.165) is 21.5 Å². The molecule has 0 atom stereocenters. The van der Waals surface area contributed by atoms with Crippen LogP contribution in [0.5, 0.6) is 5.75 Å². The van der Waals surface area contributed by atoms with E-state index < -0.39 is 21.5 Å². The van der Waals surface area contributed by atoms with Crippen LogP contribution in [0.1, 0.15) is 22.3 Å². The van der Waals surface area contributed by atoms with E-state index in [4.69, 9.17) is 4.74 Å². The number of rotatable bonds is 7. The summed E-state index contributed by atoms with van der Waals surface area (Å²) >= 11 is 0. The van der Waals surface area contributed by atoms with Crippen molar-refractivity contribution in [2.24, 2.45) is 0 Å². The van der Waals surface area contributed by atoms with E-state index in [2.05, 4.69) is 0 Å². The second-order valence-corrected chi connectivity index (χ2v) is 10.6. The van der Waals surface area contributed by atoms with Gasteiger partial charge in [-0.05, 0) is 55.2 Å². The van der Waals surface area contributed by atoms with Crippen LogP contribution < -0.4 is 9.04 Å². The van der Waals surface area contributed by atoms with Gasteiger partial charge in [0.2, 0.25) is 5.91 Å². The molecule has 0 unspecified atom stereocenters. The third kappa shape index (κ3) is 4.90. The maximum Gasteiger partial charge on any atom is 0.273 e. The molecular weight excluding hydrogens is 482 g/mol. The van der Waals surface area contributed by atoms with E-state index in [0.29, 0.717) is 25.1 Å². The standard InChI is InChI=1S/C26H27N3O6S/c1-18-8-11-25(35-3)24(14-18)28(36(33,34)22-10-9-19(2)23(15-22)29(31)32)17-26(30)27-13-12-20-6-4-5-7-21(20)16-27/h4-11,14-15H,12-13,16-17H2,1-3H3. The molecule has 0 radical (unpaired) electrons. The molecule has 0 saturated heterocycles. The van der Waals surface area contributed by atoms with Gasteiger partial charge in [-0.15, -0.1) is 0 Å². The molecule has 0 bridgehead atoms. The molecule has 1 aliphatic heterocycles. The Kier molecular flexibility index (Phi) is 6.98. The smallest absolute Gasteiger partial charge is 0.273 e. The highest BCUT2D eigenvalue weighted by Gasteiger charge is 2.33. The van der Waals surface area contributed by atoms with Gasteiger partial charge in [0.15, 0.2) is 0 Å². The minimum atomic E-state index is -4.37. The molecule has 0 N–H and O–H groups in total. The molecule has 3 aromatic carbocycles. The Labute approximate surface area is 210 Å². The van der Waals surface area contributed by atoms with Crippen LogP contribution in [0.15, 0.2) is 65.6 Å². The number of methoxy groups -OCH3 is 1. The molecule has 1 aliphatic rings. The third-order valence-electron chi connectivity index (χ3n) is 6.33. The summed E-state index contributed by atoms with van der Waals surface area (Å²) in [6.07, 6.45) is 0.673. The fourth-order valence-corrected chi connectivity index (χ4v) is 5.74. The maximum atomic E-state index is 13.9. The summed E-state index contributed by atoms with van der Waals surface area (Å²) in [5, 5.41) is 11.5. The van der Waals surface area contributed by atoms with E-state index in [1.165, 1.54) is 31.7 Å². The van der Waals surface area contributed by atoms with Crippen molar-refractivity contribution in [1.82, 2.24) is 4.90 Å². The highest BCUT2D eigenvalue weighted by molar-refractivity contribution is 7.92. The number of amides is 1. The number of carbonyl (C=O) groups is 1. The number of ether oxygens (including phenoxy) is 1. The summed E-state index contributed by atoms with van der Waals surface area (Å²) in [6.45, 7) is 3.70. The number of hydrogen-bond donors (Lipinski definition) is 0. The van der Waals surface area contributed by atoms with Crippen LogP contribution in [-0.4, -0.2) is 44.3 Å². The minimum absolute atomic E-state index is 0.187. The molecule has 0 spiro atoms. The summed E-state index contributed by atoms with van der Waals surface area (Å²) in [5.41, 5.74) is 3.16. The number of nitrogens with zero attached hydrogens (tertiary/aromatic N) is 3. The Hall–Kier alpha value is -3.92. The SMILES string of the molecule is COc1ccc(C)cc1N(CC(=O)N1CCc2ccccc2C1)S(=O)(=O)c1ccc(C)c([N+](=O)[O-])c1. The van der Waals surface area contributed by atoms with Gasteiger partial charge in [-0.3, -0.25) is 19.2 Å². The van der Waals surface area contributed by atoms with Crippen LogP contribution in [0.4, 0.5) is 11.4 Å². The lowest BCUT2D eigenvalue weighted by atomic mass is 10.00. The van der Waals surface area contributed by atoms with E-state index in [1.807, 2.05) is 24.3 Å². The first-order valence-electron chi connectivity index (χ1n) is 11.4. The Morgan fingerprint density at radius 2 is 1.81 bits per heavy atom. The van der Waals surface area contributed by atoms with Crippen molar-refractivity contribution >= 4 is 27.3 Å². The van der Waals surface area contributed by atoms with E-state index in [1.54, 1.807) is 30.0 Å². The highest BCUT2D eigenvalue weighted by atomic mass is 32.2. The summed E-state index contributed by atoms with van der Waals surface area (Å²) in [5.74, 6) is -0.110. The van der Waals surface area contributed by atoms with Crippen molar-refractivity contribution in [3.05, 3.63) is 93.0 Å². The number of nitro benzene ring substituents is 1. The first-order valence-corrected chi connectivity index (χ1v) is 12.8. The molecular formula is C26H27N3O6S. The first kappa shape index (κ1) is 25.2. The number of benzene rings is 3. The van der Waals surface area contributed by atoms with Crippen molar-refractivity contribution in [2.75, 3.05) is 24.5 Å². The predicted molar refractivity (Wildman–Crippen MR) is 136 cm³/mol. The molecule has 0 saturated carbocycles. The molecule has 1 heterocycles. The molecule has 0 aliphatic carbocycles. The lowest BCUT2D eigenvalue weighted by Gasteiger charge is -2.32. The zero-order valence-electron chi connectivity index (χ0n) is 20.3. The van der Waals surface area contributed by atoms with Gasteiger partial charge in [0.1, 0.15) is 12.3 Å². The molecule has 0 fully saturated rings. The zero-order chi connectivity index (χ0) is 26.0. The van der Waals surface area contributed by atoms with Crippen molar-refractivity contribution in [1.29, 1.82) is 0 Å². The number of anilines is 1. The number of hydrogen-bond acceptors (Lipinski definition) is 6. The van der Waals surface area contributed by atoms with Gasteiger partial charge in [-0.2, -0.15) is 0 Å². The zero-order valence-corrected chi connectivity index (χ0v) is 21.1. The van der Waals surface area contributed by atoms with Crippen LogP contribution in [0.25, 0.3) is 0 Å². The summed E-state index contributed by atoms with van der Waals surface area (Å²) < 4.78 is 34.2. The fraction of sp³-hybridized carbons (Fsp3) is 0.269. The van der Waals surface area contributed by atoms with Gasteiger partial charge in [-0.25, -0.2) is 8.42 Å². The van der Waals surface area contributed by atoms with Crippen LogP contribution in [0.2, 0.25) is 0 Å². The molecule has 10 heteroatoms. The minimum Gasteiger partial charge on any atom is -0.495 e. The van der Waals surface area contributed by atoms with Crippen molar-refractivity contribution < 1.29 is 22.9 Å². The Morgan fingerprint density at radius 1 is 1.08 bits per heavy atom. The van der Waals surface area contributed by atoms with Gasteiger partial charge >= 0.3 is 0 Å². The van der Waals surface area contributed by atoms with Gasteiger partial charge < -0.3 is 9.64 Å². The van der Waals surface area contributed by atoms with Gasteiger partial charge in [0.05, 0.1) is 22.6 Å². The first-order chi connectivity index (χ1) is 17.1. The van der Waals surface area contributed by atoms with Crippen LogP contribution in [0.3, 0.4) is 0 Å². The highest BCUT2D eigenvalue weighted by Crippen LogP contribution is 2.35. The van der Waals surface area contributed by atoms with Gasteiger partial charge in [0, 0.05) is 24.7 Å². The molecule has 188 valence electrons. The Morgan fingerprint density at radius 3 is 2.50 bits per heavy atom. The number of nitro groups is 1.